The molecule has 0 heterocycles. The molecule has 0 radical (unpaired) electrons. The van der Waals surface area contributed by atoms with E-state index in [0.717, 1.165) is 10.0 Å². The molecule has 12 nitrogen and oxygen atoms in total. The molecule has 0 aromatic heterocycles. The van der Waals surface area contributed by atoms with Gasteiger partial charge < -0.3 is 19.7 Å². The average Bonchev–Trinajstić information content (AvgIpc) is 2.97. The van der Waals surface area contributed by atoms with Gasteiger partial charge in [0.1, 0.15) is 22.9 Å². The van der Waals surface area contributed by atoms with E-state index in [1.807, 2.05) is 0 Å². The van der Waals surface area contributed by atoms with Crippen molar-refractivity contribution in [1.29, 1.82) is 0 Å². The summed E-state index contributed by atoms with van der Waals surface area (Å²) >= 11 is 0. The summed E-state index contributed by atoms with van der Waals surface area (Å²) in [6, 6.07) is 16.3. The van der Waals surface area contributed by atoms with Crippen molar-refractivity contribution in [3.05, 3.63) is 71.8 Å². The van der Waals surface area contributed by atoms with E-state index >= 15 is 0 Å². The quantitative estimate of drug-likeness (QED) is 0.217. The zero-order chi connectivity index (χ0) is 29.4. The minimum Gasteiger partial charge on any atom is -0.494 e. The number of hydrogen-bond donors (Lipinski definition) is 4. The summed E-state index contributed by atoms with van der Waals surface area (Å²) in [7, 11) is 2.80. The lowest BCUT2D eigenvalue weighted by molar-refractivity contribution is -0.148. The van der Waals surface area contributed by atoms with Crippen LogP contribution in [-0.4, -0.2) is 48.2 Å². The minimum atomic E-state index is -1.68. The Morgan fingerprint density at radius 3 is 1.23 bits per heavy atom. The summed E-state index contributed by atoms with van der Waals surface area (Å²) in [6.45, 7) is 3.61. The summed E-state index contributed by atoms with van der Waals surface area (Å²) in [5, 5.41) is 20.8. The Balaban J connectivity index is 2.27. The Morgan fingerprint density at radius 1 is 0.650 bits per heavy atom. The molecule has 0 aliphatic rings. The second-order valence-electron chi connectivity index (χ2n) is 8.27. The standard InChI is InChI=1S/C28H30N4O8/c1-5-19-21(29-31(25(33)27(35)36)17-13-9-7-10-14-17)24(40-4)20(6-2)22(23(19)39-3)30-32(26(34)28(37)38)18-15-11-8-12-16-18/h7-16,29-30H,5-6H2,1-4H3,(H,35,36)(H,37,38). The highest BCUT2D eigenvalue weighted by atomic mass is 16.5. The number of nitrogens with one attached hydrogen (secondary N) is 2. The predicted octanol–water partition coefficient (Wildman–Crippen LogP) is 3.72. The van der Waals surface area contributed by atoms with Crippen LogP contribution in [0.2, 0.25) is 0 Å². The maximum atomic E-state index is 12.7. The van der Waals surface area contributed by atoms with Gasteiger partial charge in [0.25, 0.3) is 0 Å². The van der Waals surface area contributed by atoms with E-state index in [9.17, 15) is 29.4 Å². The van der Waals surface area contributed by atoms with Crippen molar-refractivity contribution < 1.29 is 38.9 Å². The number of anilines is 4. The molecular formula is C28H30N4O8. The number of carboxylic acid groups (broad SMARTS) is 2. The number of ether oxygens (including phenoxy) is 2. The number of carbonyl (C=O) groups is 4. The molecule has 0 aliphatic heterocycles. The molecule has 3 aromatic rings. The van der Waals surface area contributed by atoms with E-state index in [2.05, 4.69) is 10.9 Å². The van der Waals surface area contributed by atoms with Gasteiger partial charge in [0, 0.05) is 11.1 Å². The van der Waals surface area contributed by atoms with Gasteiger partial charge in [0.05, 0.1) is 25.6 Å². The van der Waals surface area contributed by atoms with Crippen LogP contribution in [0.1, 0.15) is 25.0 Å². The van der Waals surface area contributed by atoms with Crippen LogP contribution in [0.15, 0.2) is 60.7 Å². The lowest BCUT2D eigenvalue weighted by Gasteiger charge is -2.31. The van der Waals surface area contributed by atoms with Crippen molar-refractivity contribution in [3.8, 4) is 11.5 Å². The van der Waals surface area contributed by atoms with Gasteiger partial charge in [-0.2, -0.15) is 0 Å². The van der Waals surface area contributed by atoms with Gasteiger partial charge >= 0.3 is 23.8 Å². The Labute approximate surface area is 230 Å². The zero-order valence-corrected chi connectivity index (χ0v) is 22.4. The summed E-state index contributed by atoms with van der Waals surface area (Å²) in [5.41, 5.74) is 7.81. The second kappa shape index (κ2) is 13.0. The zero-order valence-electron chi connectivity index (χ0n) is 22.4. The molecule has 0 atom stereocenters. The Hall–Kier alpha value is -5.26. The monoisotopic (exact) mass is 550 g/mol. The van der Waals surface area contributed by atoms with Gasteiger partial charge in [-0.25, -0.2) is 19.6 Å². The molecule has 0 spiro atoms. The predicted molar refractivity (Wildman–Crippen MR) is 149 cm³/mol. The van der Waals surface area contributed by atoms with Gasteiger partial charge in [-0.05, 0) is 37.1 Å². The summed E-state index contributed by atoms with van der Waals surface area (Å²) in [5.74, 6) is -5.37. The third-order valence-electron chi connectivity index (χ3n) is 5.97. The first-order valence-corrected chi connectivity index (χ1v) is 12.3. The Kier molecular flexibility index (Phi) is 9.52. The molecule has 3 rings (SSSR count). The van der Waals surface area contributed by atoms with Crippen molar-refractivity contribution in [2.75, 3.05) is 35.1 Å². The Bertz CT molecular complexity index is 1260. The van der Waals surface area contributed by atoms with Gasteiger partial charge in [-0.3, -0.25) is 20.4 Å². The summed E-state index contributed by atoms with van der Waals surface area (Å²) in [4.78, 5) is 48.9. The molecule has 3 aromatic carbocycles. The van der Waals surface area contributed by atoms with Gasteiger partial charge in [0.2, 0.25) is 0 Å². The highest BCUT2D eigenvalue weighted by molar-refractivity contribution is 6.38. The van der Waals surface area contributed by atoms with Crippen molar-refractivity contribution >= 4 is 46.5 Å². The molecule has 0 aliphatic carbocycles. The number of rotatable bonds is 10. The third kappa shape index (κ3) is 5.90. The van der Waals surface area contributed by atoms with E-state index in [-0.39, 0.29) is 34.2 Å². The SMILES string of the molecule is CCc1c(NN(C(=O)C(=O)O)c2ccccc2)c(OC)c(CC)c(NN(C(=O)C(=O)O)c2ccccc2)c1OC. The number of benzene rings is 3. The normalized spacial score (nSPS) is 10.3. The number of methoxy groups -OCH3 is 2. The van der Waals surface area contributed by atoms with Crippen LogP contribution in [0, 0.1) is 0 Å². The van der Waals surface area contributed by atoms with Crippen molar-refractivity contribution in [1.82, 2.24) is 0 Å². The molecule has 0 saturated carbocycles. The minimum absolute atomic E-state index is 0.234. The smallest absolute Gasteiger partial charge is 0.396 e. The molecular weight excluding hydrogens is 520 g/mol. The number of carboxylic acids is 2. The number of nitrogens with zero attached hydrogens (tertiary/aromatic N) is 2. The van der Waals surface area contributed by atoms with Crippen LogP contribution in [0.25, 0.3) is 0 Å². The highest BCUT2D eigenvalue weighted by Gasteiger charge is 2.31. The molecule has 4 N–H and O–H groups in total. The topological polar surface area (TPSA) is 158 Å². The first-order valence-electron chi connectivity index (χ1n) is 12.3. The molecule has 0 saturated heterocycles. The number of carbonyl (C=O) groups excluding carboxylic acids is 2. The van der Waals surface area contributed by atoms with Crippen LogP contribution >= 0.6 is 0 Å². The fourth-order valence-electron chi connectivity index (χ4n) is 4.20. The van der Waals surface area contributed by atoms with Gasteiger partial charge in [-0.1, -0.05) is 50.2 Å². The summed E-state index contributed by atoms with van der Waals surface area (Å²) in [6.07, 6.45) is 0.616. The average molecular weight is 551 g/mol. The fourth-order valence-corrected chi connectivity index (χ4v) is 4.20. The number of hydrogen-bond acceptors (Lipinski definition) is 8. The number of aliphatic carboxylic acids is 2. The van der Waals surface area contributed by atoms with Crippen LogP contribution in [0.3, 0.4) is 0 Å². The van der Waals surface area contributed by atoms with E-state index in [4.69, 9.17) is 9.47 Å². The van der Waals surface area contributed by atoms with Gasteiger partial charge in [0.15, 0.2) is 0 Å². The maximum Gasteiger partial charge on any atom is 0.396 e. The first-order chi connectivity index (χ1) is 19.2. The van der Waals surface area contributed by atoms with E-state index in [1.165, 1.54) is 14.2 Å². The molecule has 12 heteroatoms. The van der Waals surface area contributed by atoms with E-state index in [1.54, 1.807) is 74.5 Å². The summed E-state index contributed by atoms with van der Waals surface area (Å²) < 4.78 is 11.5. The largest absolute Gasteiger partial charge is 0.494 e. The first kappa shape index (κ1) is 29.3. The van der Waals surface area contributed by atoms with Crippen molar-refractivity contribution in [2.24, 2.45) is 0 Å². The highest BCUT2D eigenvalue weighted by Crippen LogP contribution is 2.47. The number of hydrazine groups is 2. The van der Waals surface area contributed by atoms with Gasteiger partial charge in [-0.15, -0.1) is 0 Å². The molecule has 0 bridgehead atoms. The van der Waals surface area contributed by atoms with E-state index < -0.39 is 23.8 Å². The lowest BCUT2D eigenvalue weighted by atomic mass is 9.99. The molecule has 0 fully saturated rings. The third-order valence-corrected chi connectivity index (χ3v) is 5.97. The fraction of sp³-hybridized carbons (Fsp3) is 0.214. The van der Waals surface area contributed by atoms with Crippen LogP contribution < -0.4 is 30.3 Å². The maximum absolute atomic E-state index is 12.7. The van der Waals surface area contributed by atoms with Crippen LogP contribution in [0.5, 0.6) is 11.5 Å². The molecule has 2 amide bonds. The molecule has 0 unspecified atom stereocenters. The number of para-hydroxylation sites is 2. The second-order valence-corrected chi connectivity index (χ2v) is 8.27. The van der Waals surface area contributed by atoms with Crippen LogP contribution in [0.4, 0.5) is 22.7 Å². The molecule has 40 heavy (non-hydrogen) atoms. The number of amides is 2. The molecule has 210 valence electrons. The van der Waals surface area contributed by atoms with Crippen LogP contribution in [-0.2, 0) is 32.0 Å². The lowest BCUT2D eigenvalue weighted by Crippen LogP contribution is -2.42. The van der Waals surface area contributed by atoms with Crippen molar-refractivity contribution in [3.63, 3.8) is 0 Å². The Morgan fingerprint density at radius 2 is 0.975 bits per heavy atom. The van der Waals surface area contributed by atoms with E-state index in [0.29, 0.717) is 24.0 Å². The van der Waals surface area contributed by atoms with Crippen molar-refractivity contribution in [2.45, 2.75) is 26.7 Å².